The highest BCUT2D eigenvalue weighted by atomic mass is 16.6. The third kappa shape index (κ3) is 3.51. The van der Waals surface area contributed by atoms with E-state index in [4.69, 9.17) is 10.5 Å². The summed E-state index contributed by atoms with van der Waals surface area (Å²) >= 11 is 0. The first-order valence-corrected chi connectivity index (χ1v) is 10.5. The van der Waals surface area contributed by atoms with E-state index in [-0.39, 0.29) is 23.9 Å². The lowest BCUT2D eigenvalue weighted by molar-refractivity contribution is -0.145. The zero-order valence-corrected chi connectivity index (χ0v) is 17.6. The van der Waals surface area contributed by atoms with Crippen LogP contribution in [0.15, 0.2) is 48.7 Å². The molecule has 0 unspecified atom stereocenters. The molecule has 1 aliphatic carbocycles. The number of aromatic nitrogens is 1. The third-order valence-corrected chi connectivity index (χ3v) is 6.98. The zero-order valence-electron chi connectivity index (χ0n) is 17.6. The summed E-state index contributed by atoms with van der Waals surface area (Å²) in [5, 5.41) is 0. The average Bonchev–Trinajstić information content (AvgIpc) is 2.91. The van der Waals surface area contributed by atoms with E-state index in [1.54, 1.807) is 0 Å². The van der Waals surface area contributed by atoms with Crippen molar-refractivity contribution in [3.63, 3.8) is 0 Å². The van der Waals surface area contributed by atoms with Crippen molar-refractivity contribution >= 4 is 12.0 Å². The number of esters is 1. The van der Waals surface area contributed by atoms with Gasteiger partial charge in [0.1, 0.15) is 11.6 Å². The quantitative estimate of drug-likeness (QED) is 0.777. The monoisotopic (exact) mass is 390 g/mol. The van der Waals surface area contributed by atoms with E-state index in [1.807, 2.05) is 19.2 Å². The van der Waals surface area contributed by atoms with Crippen LogP contribution < -0.4 is 5.73 Å². The maximum atomic E-state index is 12.4. The van der Waals surface area contributed by atoms with Crippen molar-refractivity contribution in [3.8, 4) is 11.1 Å². The minimum atomic E-state index is -0.872. The van der Waals surface area contributed by atoms with Gasteiger partial charge in [-0.1, -0.05) is 55.8 Å². The molecule has 29 heavy (non-hydrogen) atoms. The van der Waals surface area contributed by atoms with Gasteiger partial charge in [-0.2, -0.15) is 0 Å². The molecule has 2 heterocycles. The standard InChI is InChI=1S/C25H30N2O2/c1-15-6-5-7-19(12-15)20-8-9-21(27-14-20)10-11-22-17(3)16(2)13-25(26)23(22)18(4)29-24(25)28/h5-12,14,16-18,22-23H,13,26H2,1-4H3/b11-10+/t16-,17+,18+,22-,23-,25-/m0/s1. The summed E-state index contributed by atoms with van der Waals surface area (Å²) in [4.78, 5) is 17.1. The molecule has 4 heteroatoms. The Bertz CT molecular complexity index is 936. The number of carbonyl (C=O) groups is 1. The van der Waals surface area contributed by atoms with E-state index in [0.717, 1.165) is 11.3 Å². The Balaban J connectivity index is 1.58. The Morgan fingerprint density at radius 3 is 2.66 bits per heavy atom. The molecule has 0 radical (unpaired) electrons. The molecule has 2 fully saturated rings. The molecule has 6 atom stereocenters. The Morgan fingerprint density at radius 1 is 1.17 bits per heavy atom. The Kier molecular flexibility index (Phi) is 5.07. The zero-order chi connectivity index (χ0) is 20.8. The van der Waals surface area contributed by atoms with Crippen molar-refractivity contribution < 1.29 is 9.53 Å². The van der Waals surface area contributed by atoms with Crippen LogP contribution in [0.3, 0.4) is 0 Å². The number of nitrogens with two attached hydrogens (primary N) is 1. The van der Waals surface area contributed by atoms with E-state index >= 15 is 0 Å². The number of aryl methyl sites for hydroxylation is 1. The SMILES string of the molecule is Cc1cccc(-c2ccc(/C=C/[C@H]3[C@H](C)[C@@H](C)C[C@@]4(N)C(=O)O[C@H](C)[C@@H]34)nc2)c1. The molecule has 152 valence electrons. The number of benzene rings is 1. The van der Waals surface area contributed by atoms with Gasteiger partial charge in [0.15, 0.2) is 0 Å². The van der Waals surface area contributed by atoms with Crippen LogP contribution in [0.4, 0.5) is 0 Å². The number of allylic oxidation sites excluding steroid dienone is 1. The molecule has 2 N–H and O–H groups in total. The number of cyclic esters (lactones) is 1. The van der Waals surface area contributed by atoms with Crippen LogP contribution in [0.25, 0.3) is 17.2 Å². The van der Waals surface area contributed by atoms with Crippen molar-refractivity contribution in [1.29, 1.82) is 0 Å². The molecule has 1 aromatic heterocycles. The number of nitrogens with zero attached hydrogens (tertiary/aromatic N) is 1. The predicted octanol–water partition coefficient (Wildman–Crippen LogP) is 4.62. The van der Waals surface area contributed by atoms with Gasteiger partial charge in [-0.25, -0.2) is 0 Å². The first-order chi connectivity index (χ1) is 13.8. The second-order valence-electron chi connectivity index (χ2n) is 8.99. The van der Waals surface area contributed by atoms with Crippen LogP contribution in [-0.2, 0) is 9.53 Å². The van der Waals surface area contributed by atoms with Crippen molar-refractivity contribution in [2.45, 2.75) is 45.8 Å². The number of ether oxygens (including phenoxy) is 1. The number of rotatable bonds is 3. The fourth-order valence-corrected chi connectivity index (χ4v) is 5.21. The van der Waals surface area contributed by atoms with Crippen LogP contribution in [0, 0.1) is 30.6 Å². The fourth-order valence-electron chi connectivity index (χ4n) is 5.21. The molecule has 1 aliphatic heterocycles. The lowest BCUT2D eigenvalue weighted by atomic mass is 9.59. The summed E-state index contributed by atoms with van der Waals surface area (Å²) in [6.45, 7) is 8.50. The van der Waals surface area contributed by atoms with Gasteiger partial charge in [-0.3, -0.25) is 9.78 Å². The molecule has 0 amide bonds. The second-order valence-corrected chi connectivity index (χ2v) is 8.99. The van der Waals surface area contributed by atoms with Crippen LogP contribution >= 0.6 is 0 Å². The molecule has 0 bridgehead atoms. The highest BCUT2D eigenvalue weighted by Gasteiger charge is 2.60. The average molecular weight is 391 g/mol. The van der Waals surface area contributed by atoms with E-state index in [2.05, 4.69) is 68.2 Å². The van der Waals surface area contributed by atoms with Crippen molar-refractivity contribution in [2.24, 2.45) is 29.4 Å². The van der Waals surface area contributed by atoms with Gasteiger partial charge in [0.05, 0.1) is 5.69 Å². The highest BCUT2D eigenvalue weighted by Crippen LogP contribution is 2.50. The first-order valence-electron chi connectivity index (χ1n) is 10.5. The minimum Gasteiger partial charge on any atom is -0.461 e. The molecule has 4 rings (SSSR count). The lowest BCUT2D eigenvalue weighted by Gasteiger charge is -2.45. The Hall–Kier alpha value is -2.46. The smallest absolute Gasteiger partial charge is 0.326 e. The summed E-state index contributed by atoms with van der Waals surface area (Å²) < 4.78 is 5.55. The number of hydrogen-bond donors (Lipinski definition) is 1. The van der Waals surface area contributed by atoms with Crippen LogP contribution in [-0.4, -0.2) is 22.6 Å². The van der Waals surface area contributed by atoms with Crippen LogP contribution in [0.5, 0.6) is 0 Å². The number of hydrogen-bond acceptors (Lipinski definition) is 4. The van der Waals surface area contributed by atoms with Gasteiger partial charge in [-0.15, -0.1) is 0 Å². The van der Waals surface area contributed by atoms with E-state index in [9.17, 15) is 4.79 Å². The summed E-state index contributed by atoms with van der Waals surface area (Å²) in [5.41, 5.74) is 10.1. The largest absolute Gasteiger partial charge is 0.461 e. The minimum absolute atomic E-state index is 0.00372. The second kappa shape index (κ2) is 7.42. The fraction of sp³-hybridized carbons (Fsp3) is 0.440. The molecular weight excluding hydrogens is 360 g/mol. The predicted molar refractivity (Wildman–Crippen MR) is 116 cm³/mol. The third-order valence-electron chi connectivity index (χ3n) is 6.98. The van der Waals surface area contributed by atoms with Crippen LogP contribution in [0.1, 0.15) is 38.4 Å². The molecule has 2 aliphatic rings. The molecule has 2 aromatic rings. The molecule has 1 saturated carbocycles. The van der Waals surface area contributed by atoms with Gasteiger partial charge in [-0.05, 0) is 55.7 Å². The Morgan fingerprint density at radius 2 is 1.97 bits per heavy atom. The van der Waals surface area contributed by atoms with Gasteiger partial charge in [0, 0.05) is 17.7 Å². The van der Waals surface area contributed by atoms with E-state index < -0.39 is 5.54 Å². The summed E-state index contributed by atoms with van der Waals surface area (Å²) in [6.07, 6.45) is 6.71. The van der Waals surface area contributed by atoms with Gasteiger partial charge in [0.25, 0.3) is 0 Å². The summed E-state index contributed by atoms with van der Waals surface area (Å²) in [5.74, 6) is 0.733. The van der Waals surface area contributed by atoms with Gasteiger partial charge >= 0.3 is 5.97 Å². The molecule has 0 spiro atoms. The Labute approximate surface area is 173 Å². The normalized spacial score (nSPS) is 34.2. The van der Waals surface area contributed by atoms with Crippen LogP contribution in [0.2, 0.25) is 0 Å². The van der Waals surface area contributed by atoms with Gasteiger partial charge < -0.3 is 10.5 Å². The molecule has 1 aromatic carbocycles. The van der Waals surface area contributed by atoms with Crippen molar-refractivity contribution in [1.82, 2.24) is 4.98 Å². The molecule has 1 saturated heterocycles. The van der Waals surface area contributed by atoms with Crippen molar-refractivity contribution in [2.75, 3.05) is 0 Å². The lowest BCUT2D eigenvalue weighted by Crippen LogP contribution is -2.58. The van der Waals surface area contributed by atoms with Crippen molar-refractivity contribution in [3.05, 3.63) is 59.9 Å². The number of carbonyl (C=O) groups excluding carboxylic acids is 1. The topological polar surface area (TPSA) is 65.2 Å². The first kappa shape index (κ1) is 19.8. The molecule has 4 nitrogen and oxygen atoms in total. The maximum absolute atomic E-state index is 12.4. The highest BCUT2D eigenvalue weighted by molar-refractivity contribution is 5.84. The van der Waals surface area contributed by atoms with Gasteiger partial charge in [0.2, 0.25) is 0 Å². The summed E-state index contributed by atoms with van der Waals surface area (Å²) in [7, 11) is 0. The maximum Gasteiger partial charge on any atom is 0.326 e. The summed E-state index contributed by atoms with van der Waals surface area (Å²) in [6, 6.07) is 12.6. The molecular formula is C25H30N2O2. The number of pyridine rings is 1. The van der Waals surface area contributed by atoms with E-state index in [0.29, 0.717) is 18.3 Å². The van der Waals surface area contributed by atoms with E-state index in [1.165, 1.54) is 11.1 Å². The number of fused-ring (bicyclic) bond motifs is 1.